The fourth-order valence-electron chi connectivity index (χ4n) is 2.28. The van der Waals surface area contributed by atoms with Crippen LogP contribution in [0.2, 0.25) is 0 Å². The number of aliphatic hydroxyl groups excluding tert-OH is 1. The summed E-state index contributed by atoms with van der Waals surface area (Å²) in [5.74, 6) is 0.522. The Kier molecular flexibility index (Phi) is 6.60. The van der Waals surface area contributed by atoms with Gasteiger partial charge >= 0.3 is 0 Å². The number of aliphatic hydroxyl groups is 1. The lowest BCUT2D eigenvalue weighted by atomic mass is 9.77. The highest BCUT2D eigenvalue weighted by molar-refractivity contribution is 5.78. The first-order valence-electron chi connectivity index (χ1n) is 6.60. The molecule has 5 nitrogen and oxygen atoms in total. The van der Waals surface area contributed by atoms with E-state index in [1.165, 1.54) is 0 Å². The summed E-state index contributed by atoms with van der Waals surface area (Å²) in [6, 6.07) is 0. The molecule has 1 aliphatic rings. The van der Waals surface area contributed by atoms with E-state index in [2.05, 4.69) is 12.2 Å². The third-order valence-electron chi connectivity index (χ3n) is 3.60. The lowest BCUT2D eigenvalue weighted by molar-refractivity contribution is -0.129. The van der Waals surface area contributed by atoms with Crippen molar-refractivity contribution in [2.24, 2.45) is 5.92 Å². The maximum atomic E-state index is 11.7. The molecule has 0 aromatic carbocycles. The maximum Gasteiger partial charge on any atom is 0.246 e. The molecule has 0 atom stereocenters. The molecule has 0 aliphatic heterocycles. The van der Waals surface area contributed by atoms with Gasteiger partial charge < -0.3 is 19.9 Å². The van der Waals surface area contributed by atoms with Crippen LogP contribution in [-0.2, 0) is 14.3 Å². The van der Waals surface area contributed by atoms with E-state index < -0.39 is 5.54 Å². The van der Waals surface area contributed by atoms with E-state index in [4.69, 9.17) is 9.47 Å². The largest absolute Gasteiger partial charge is 0.394 e. The fraction of sp³-hybridized carbons (Fsp3) is 0.923. The highest BCUT2D eigenvalue weighted by Crippen LogP contribution is 2.31. The Morgan fingerprint density at radius 1 is 1.39 bits per heavy atom. The zero-order valence-corrected chi connectivity index (χ0v) is 11.4. The predicted octanol–water partition coefficient (Wildman–Crippen LogP) is 0.707. The smallest absolute Gasteiger partial charge is 0.246 e. The second-order valence-corrected chi connectivity index (χ2v) is 5.21. The van der Waals surface area contributed by atoms with Crippen molar-refractivity contribution >= 4 is 5.91 Å². The molecule has 0 aromatic heterocycles. The van der Waals surface area contributed by atoms with E-state index in [-0.39, 0.29) is 19.1 Å². The van der Waals surface area contributed by atoms with Gasteiger partial charge in [-0.15, -0.1) is 0 Å². The first-order chi connectivity index (χ1) is 8.62. The van der Waals surface area contributed by atoms with E-state index in [9.17, 15) is 9.90 Å². The molecule has 0 spiro atoms. The Balaban J connectivity index is 2.31. The van der Waals surface area contributed by atoms with Crippen molar-refractivity contribution in [3.63, 3.8) is 0 Å². The third kappa shape index (κ3) is 4.92. The van der Waals surface area contributed by atoms with E-state index in [0.29, 0.717) is 19.1 Å². The molecular formula is C13H25NO4. The molecule has 0 heterocycles. The van der Waals surface area contributed by atoms with Crippen LogP contribution in [-0.4, -0.2) is 50.1 Å². The van der Waals surface area contributed by atoms with Crippen LogP contribution in [0, 0.1) is 5.92 Å². The van der Waals surface area contributed by atoms with Gasteiger partial charge in [-0.1, -0.05) is 6.92 Å². The van der Waals surface area contributed by atoms with Crippen LogP contribution < -0.4 is 5.32 Å². The number of nitrogens with one attached hydrogen (secondary N) is 1. The Labute approximate surface area is 109 Å². The summed E-state index contributed by atoms with van der Waals surface area (Å²) in [7, 11) is 1.59. The minimum absolute atomic E-state index is 0.00350. The normalized spacial score (nSPS) is 28.1. The van der Waals surface area contributed by atoms with E-state index in [1.54, 1.807) is 7.11 Å². The summed E-state index contributed by atoms with van der Waals surface area (Å²) in [6.45, 7) is 3.13. The molecule has 2 N–H and O–H groups in total. The molecule has 0 bridgehead atoms. The molecule has 1 rings (SSSR count). The number of carbonyl (C=O) groups is 1. The van der Waals surface area contributed by atoms with Gasteiger partial charge in [0.15, 0.2) is 0 Å². The zero-order valence-electron chi connectivity index (χ0n) is 11.4. The average Bonchev–Trinajstić information content (AvgIpc) is 2.38. The number of amides is 1. The Morgan fingerprint density at radius 2 is 2.06 bits per heavy atom. The van der Waals surface area contributed by atoms with Gasteiger partial charge in [0.2, 0.25) is 5.91 Å². The Morgan fingerprint density at radius 3 is 2.61 bits per heavy atom. The molecule has 0 radical (unpaired) electrons. The van der Waals surface area contributed by atoms with Crippen molar-refractivity contribution in [1.82, 2.24) is 5.32 Å². The van der Waals surface area contributed by atoms with Gasteiger partial charge in [0.25, 0.3) is 0 Å². The second-order valence-electron chi connectivity index (χ2n) is 5.21. The molecule has 1 saturated carbocycles. The molecule has 1 aliphatic carbocycles. The molecule has 0 saturated heterocycles. The second kappa shape index (κ2) is 7.71. The summed E-state index contributed by atoms with van der Waals surface area (Å²) < 4.78 is 10.00. The monoisotopic (exact) mass is 259 g/mol. The standard InChI is InChI=1S/C13H25NO4/c1-11-3-5-13(10-15,6-4-11)14-12(16)9-18-8-7-17-2/h11,15H,3-10H2,1-2H3,(H,14,16). The summed E-state index contributed by atoms with van der Waals surface area (Å²) in [5.41, 5.74) is -0.436. The van der Waals surface area contributed by atoms with Gasteiger partial charge in [-0.25, -0.2) is 0 Å². The molecule has 0 aromatic rings. The summed E-state index contributed by atoms with van der Waals surface area (Å²) in [5, 5.41) is 12.4. The van der Waals surface area contributed by atoms with Crippen LogP contribution in [0.15, 0.2) is 0 Å². The third-order valence-corrected chi connectivity index (χ3v) is 3.60. The van der Waals surface area contributed by atoms with Crippen LogP contribution in [0.4, 0.5) is 0 Å². The average molecular weight is 259 g/mol. The van der Waals surface area contributed by atoms with E-state index >= 15 is 0 Å². The fourth-order valence-corrected chi connectivity index (χ4v) is 2.28. The van der Waals surface area contributed by atoms with Gasteiger partial charge in [0, 0.05) is 7.11 Å². The van der Waals surface area contributed by atoms with Crippen LogP contribution in [0.3, 0.4) is 0 Å². The number of hydrogen-bond donors (Lipinski definition) is 2. The summed E-state index contributed by atoms with van der Waals surface area (Å²) in [4.78, 5) is 11.7. The summed E-state index contributed by atoms with van der Waals surface area (Å²) in [6.07, 6.45) is 3.78. The molecule has 18 heavy (non-hydrogen) atoms. The molecule has 1 fully saturated rings. The predicted molar refractivity (Wildman–Crippen MR) is 68.3 cm³/mol. The van der Waals surface area contributed by atoms with Crippen LogP contribution in [0.25, 0.3) is 0 Å². The van der Waals surface area contributed by atoms with Crippen molar-refractivity contribution in [1.29, 1.82) is 0 Å². The molecule has 106 valence electrons. The van der Waals surface area contributed by atoms with Crippen molar-refractivity contribution in [3.8, 4) is 0 Å². The van der Waals surface area contributed by atoms with Crippen LogP contribution >= 0.6 is 0 Å². The Hall–Kier alpha value is -0.650. The minimum atomic E-state index is -0.436. The topological polar surface area (TPSA) is 67.8 Å². The number of methoxy groups -OCH3 is 1. The van der Waals surface area contributed by atoms with Gasteiger partial charge in [0.05, 0.1) is 25.4 Å². The highest BCUT2D eigenvalue weighted by Gasteiger charge is 2.34. The zero-order chi connectivity index (χ0) is 13.4. The first kappa shape index (κ1) is 15.4. The van der Waals surface area contributed by atoms with Crippen LogP contribution in [0.5, 0.6) is 0 Å². The van der Waals surface area contributed by atoms with Gasteiger partial charge in [-0.2, -0.15) is 0 Å². The number of hydrogen-bond acceptors (Lipinski definition) is 4. The van der Waals surface area contributed by atoms with Gasteiger partial charge in [-0.3, -0.25) is 4.79 Å². The molecule has 5 heteroatoms. The lowest BCUT2D eigenvalue weighted by Gasteiger charge is -2.38. The van der Waals surface area contributed by atoms with Crippen molar-refractivity contribution in [2.45, 2.75) is 38.1 Å². The van der Waals surface area contributed by atoms with Gasteiger partial charge in [0.1, 0.15) is 6.61 Å². The molecular weight excluding hydrogens is 234 g/mol. The van der Waals surface area contributed by atoms with E-state index in [0.717, 1.165) is 25.7 Å². The van der Waals surface area contributed by atoms with Crippen LogP contribution in [0.1, 0.15) is 32.6 Å². The molecule has 1 amide bonds. The SMILES string of the molecule is COCCOCC(=O)NC1(CO)CCC(C)CC1. The van der Waals surface area contributed by atoms with Crippen molar-refractivity contribution in [3.05, 3.63) is 0 Å². The lowest BCUT2D eigenvalue weighted by Crippen LogP contribution is -2.54. The van der Waals surface area contributed by atoms with Crippen molar-refractivity contribution in [2.75, 3.05) is 33.5 Å². The minimum Gasteiger partial charge on any atom is -0.394 e. The number of ether oxygens (including phenoxy) is 2. The number of rotatable bonds is 7. The maximum absolute atomic E-state index is 11.7. The van der Waals surface area contributed by atoms with Gasteiger partial charge in [-0.05, 0) is 31.6 Å². The quantitative estimate of drug-likeness (QED) is 0.661. The number of carbonyl (C=O) groups excluding carboxylic acids is 1. The highest BCUT2D eigenvalue weighted by atomic mass is 16.5. The Bertz CT molecular complexity index is 249. The summed E-state index contributed by atoms with van der Waals surface area (Å²) >= 11 is 0. The van der Waals surface area contributed by atoms with E-state index in [1.807, 2.05) is 0 Å². The van der Waals surface area contributed by atoms with Crippen molar-refractivity contribution < 1.29 is 19.4 Å². The first-order valence-corrected chi connectivity index (χ1v) is 6.60. The molecule has 0 unspecified atom stereocenters.